The molecule has 0 radical (unpaired) electrons. The summed E-state index contributed by atoms with van der Waals surface area (Å²) < 4.78 is 5.14. The van der Waals surface area contributed by atoms with Crippen LogP contribution < -0.4 is 10.1 Å². The van der Waals surface area contributed by atoms with Gasteiger partial charge in [-0.05, 0) is 41.8 Å². The third kappa shape index (κ3) is 6.84. The molecule has 0 aromatic heterocycles. The fourth-order valence-corrected chi connectivity index (χ4v) is 3.30. The van der Waals surface area contributed by atoms with E-state index < -0.39 is 6.04 Å². The van der Waals surface area contributed by atoms with Crippen LogP contribution in [0.3, 0.4) is 0 Å². The fraction of sp³-hybridized carbons (Fsp3) is 0.185. The number of nitrogens with zero attached hydrogens (tertiary/aromatic N) is 1. The molecule has 0 fully saturated rings. The van der Waals surface area contributed by atoms with Gasteiger partial charge in [0, 0.05) is 19.2 Å². The van der Waals surface area contributed by atoms with E-state index in [1.807, 2.05) is 84.9 Å². The first-order valence-corrected chi connectivity index (χ1v) is 10.5. The molecule has 164 valence electrons. The first kappa shape index (κ1) is 22.8. The number of amides is 2. The lowest BCUT2D eigenvalue weighted by atomic mass is 10.1. The van der Waals surface area contributed by atoms with Gasteiger partial charge in [0.2, 0.25) is 11.8 Å². The highest BCUT2D eigenvalue weighted by molar-refractivity contribution is 5.95. The number of benzene rings is 3. The summed E-state index contributed by atoms with van der Waals surface area (Å²) in [7, 11) is 1.61. The van der Waals surface area contributed by atoms with E-state index in [0.29, 0.717) is 13.1 Å². The van der Waals surface area contributed by atoms with Crippen LogP contribution in [0.25, 0.3) is 6.08 Å². The maximum Gasteiger partial charge on any atom is 0.245 e. The minimum Gasteiger partial charge on any atom is -0.497 e. The van der Waals surface area contributed by atoms with E-state index in [2.05, 4.69) is 5.32 Å². The maximum absolute atomic E-state index is 13.2. The van der Waals surface area contributed by atoms with E-state index in [1.54, 1.807) is 25.0 Å². The van der Waals surface area contributed by atoms with Crippen molar-refractivity contribution in [2.75, 3.05) is 7.11 Å². The van der Waals surface area contributed by atoms with Crippen LogP contribution in [0, 0.1) is 0 Å². The highest BCUT2D eigenvalue weighted by Crippen LogP contribution is 2.13. The second-order valence-corrected chi connectivity index (χ2v) is 7.50. The van der Waals surface area contributed by atoms with Gasteiger partial charge in [0.25, 0.3) is 0 Å². The average molecular weight is 429 g/mol. The Kier molecular flexibility index (Phi) is 8.21. The van der Waals surface area contributed by atoms with Crippen LogP contribution in [0.2, 0.25) is 0 Å². The van der Waals surface area contributed by atoms with Crippen LogP contribution in [0.1, 0.15) is 23.6 Å². The van der Waals surface area contributed by atoms with E-state index in [1.165, 1.54) is 6.08 Å². The summed E-state index contributed by atoms with van der Waals surface area (Å²) >= 11 is 0. The first-order chi connectivity index (χ1) is 15.5. The van der Waals surface area contributed by atoms with Gasteiger partial charge in [-0.2, -0.15) is 0 Å². The summed E-state index contributed by atoms with van der Waals surface area (Å²) in [6, 6.07) is 26.4. The minimum atomic E-state index is -0.657. The van der Waals surface area contributed by atoms with Crippen molar-refractivity contribution in [1.82, 2.24) is 10.2 Å². The molecule has 0 aliphatic carbocycles. The lowest BCUT2D eigenvalue weighted by Gasteiger charge is -2.26. The van der Waals surface area contributed by atoms with E-state index in [0.717, 1.165) is 22.4 Å². The molecule has 0 saturated heterocycles. The quantitative estimate of drug-likeness (QED) is 0.513. The number of nitrogens with one attached hydrogen (secondary N) is 1. The van der Waals surface area contributed by atoms with Crippen molar-refractivity contribution < 1.29 is 14.3 Å². The first-order valence-electron chi connectivity index (χ1n) is 10.5. The Morgan fingerprint density at radius 2 is 1.41 bits per heavy atom. The van der Waals surface area contributed by atoms with E-state index in [4.69, 9.17) is 4.74 Å². The Hall–Kier alpha value is -3.86. The summed E-state index contributed by atoms with van der Waals surface area (Å²) in [4.78, 5) is 27.4. The molecule has 3 rings (SSSR count). The van der Waals surface area contributed by atoms with Crippen LogP contribution in [0.5, 0.6) is 5.75 Å². The Labute approximate surface area is 189 Å². The molecule has 5 heteroatoms. The summed E-state index contributed by atoms with van der Waals surface area (Å²) in [5.74, 6) is 0.299. The lowest BCUT2D eigenvalue weighted by Crippen LogP contribution is -2.46. The number of hydrogen-bond acceptors (Lipinski definition) is 3. The third-order valence-corrected chi connectivity index (χ3v) is 5.02. The predicted molar refractivity (Wildman–Crippen MR) is 127 cm³/mol. The molecular formula is C27H28N2O3. The molecule has 0 spiro atoms. The van der Waals surface area contributed by atoms with Crippen LogP contribution in [-0.2, 0) is 22.7 Å². The molecule has 5 nitrogen and oxygen atoms in total. The van der Waals surface area contributed by atoms with Crippen molar-refractivity contribution in [3.63, 3.8) is 0 Å². The van der Waals surface area contributed by atoms with Crippen LogP contribution in [0.4, 0.5) is 0 Å². The average Bonchev–Trinajstić information content (AvgIpc) is 2.83. The molecule has 1 N–H and O–H groups in total. The van der Waals surface area contributed by atoms with Crippen LogP contribution >= 0.6 is 0 Å². The fourth-order valence-electron chi connectivity index (χ4n) is 3.30. The van der Waals surface area contributed by atoms with Crippen molar-refractivity contribution in [3.8, 4) is 5.75 Å². The number of hydrogen-bond donors (Lipinski definition) is 1. The highest BCUT2D eigenvalue weighted by Gasteiger charge is 2.22. The summed E-state index contributed by atoms with van der Waals surface area (Å²) in [6.07, 6.45) is 3.14. The molecule has 0 aliphatic rings. The Balaban J connectivity index is 1.65. The molecule has 0 heterocycles. The summed E-state index contributed by atoms with van der Waals surface area (Å²) in [5.41, 5.74) is 2.94. The summed E-state index contributed by atoms with van der Waals surface area (Å²) in [6.45, 7) is 2.65. The van der Waals surface area contributed by atoms with Gasteiger partial charge in [-0.15, -0.1) is 0 Å². The number of methoxy groups -OCH3 is 1. The molecular weight excluding hydrogens is 400 g/mol. The molecule has 1 atom stereocenters. The normalized spacial score (nSPS) is 11.7. The molecule has 3 aromatic rings. The molecule has 3 aromatic carbocycles. The van der Waals surface area contributed by atoms with E-state index in [9.17, 15) is 9.59 Å². The zero-order valence-corrected chi connectivity index (χ0v) is 18.4. The van der Waals surface area contributed by atoms with Gasteiger partial charge in [-0.25, -0.2) is 0 Å². The van der Waals surface area contributed by atoms with Crippen molar-refractivity contribution >= 4 is 17.9 Å². The lowest BCUT2D eigenvalue weighted by molar-refractivity contribution is -0.136. The Morgan fingerprint density at radius 3 is 1.91 bits per heavy atom. The second kappa shape index (κ2) is 11.5. The molecule has 32 heavy (non-hydrogen) atoms. The maximum atomic E-state index is 13.2. The number of rotatable bonds is 9. The highest BCUT2D eigenvalue weighted by atomic mass is 16.5. The number of carbonyl (C=O) groups is 2. The molecule has 0 bridgehead atoms. The second-order valence-electron chi connectivity index (χ2n) is 7.50. The molecule has 0 saturated carbocycles. The van der Waals surface area contributed by atoms with E-state index in [-0.39, 0.29) is 11.8 Å². The molecule has 2 amide bonds. The minimum absolute atomic E-state index is 0.135. The van der Waals surface area contributed by atoms with E-state index >= 15 is 0 Å². The topological polar surface area (TPSA) is 58.6 Å². The van der Waals surface area contributed by atoms with Crippen molar-refractivity contribution in [1.29, 1.82) is 0 Å². The van der Waals surface area contributed by atoms with Crippen LogP contribution in [0.15, 0.2) is 91.0 Å². The van der Waals surface area contributed by atoms with Crippen molar-refractivity contribution in [2.45, 2.75) is 26.1 Å². The van der Waals surface area contributed by atoms with Crippen molar-refractivity contribution in [2.24, 2.45) is 0 Å². The van der Waals surface area contributed by atoms with Gasteiger partial charge in [-0.1, -0.05) is 72.8 Å². The van der Waals surface area contributed by atoms with Gasteiger partial charge >= 0.3 is 0 Å². The van der Waals surface area contributed by atoms with Gasteiger partial charge in [-0.3, -0.25) is 9.59 Å². The predicted octanol–water partition coefficient (Wildman–Crippen LogP) is 4.44. The van der Waals surface area contributed by atoms with Gasteiger partial charge in [0.05, 0.1) is 7.11 Å². The summed E-state index contributed by atoms with van der Waals surface area (Å²) in [5, 5.41) is 2.78. The van der Waals surface area contributed by atoms with Crippen LogP contribution in [-0.4, -0.2) is 29.9 Å². The van der Waals surface area contributed by atoms with Gasteiger partial charge in [0.1, 0.15) is 11.8 Å². The Morgan fingerprint density at radius 1 is 0.875 bits per heavy atom. The SMILES string of the molecule is COc1ccc(/C=C/C(=O)NC(C)C(=O)N(Cc2ccccc2)Cc2ccccc2)cc1. The molecule has 0 aliphatic heterocycles. The van der Waals surface area contributed by atoms with Gasteiger partial charge in [0.15, 0.2) is 0 Å². The van der Waals surface area contributed by atoms with Gasteiger partial charge < -0.3 is 15.0 Å². The standard InChI is InChI=1S/C27H28N2O3/c1-21(28-26(30)18-15-22-13-16-25(32-2)17-14-22)27(31)29(19-23-9-5-3-6-10-23)20-24-11-7-4-8-12-24/h3-18,21H,19-20H2,1-2H3,(H,28,30)/b18-15+. The molecule has 1 unspecified atom stereocenters. The Bertz CT molecular complexity index is 990. The monoisotopic (exact) mass is 428 g/mol. The third-order valence-electron chi connectivity index (χ3n) is 5.02. The zero-order valence-electron chi connectivity index (χ0n) is 18.4. The zero-order chi connectivity index (χ0) is 22.8. The number of carbonyl (C=O) groups excluding carboxylic acids is 2. The smallest absolute Gasteiger partial charge is 0.245 e. The largest absolute Gasteiger partial charge is 0.497 e. The number of ether oxygens (including phenoxy) is 1. The van der Waals surface area contributed by atoms with Crippen molar-refractivity contribution in [3.05, 3.63) is 108 Å².